The lowest BCUT2D eigenvalue weighted by atomic mass is 10.1. The Labute approximate surface area is 115 Å². The zero-order chi connectivity index (χ0) is 14.1. The zero-order valence-electron chi connectivity index (χ0n) is 11.2. The number of aromatic nitrogens is 3. The van der Waals surface area contributed by atoms with Gasteiger partial charge < -0.3 is 15.2 Å². The van der Waals surface area contributed by atoms with Crippen molar-refractivity contribution >= 4 is 11.6 Å². The highest BCUT2D eigenvalue weighted by atomic mass is 16.5. The molecule has 0 bridgehead atoms. The van der Waals surface area contributed by atoms with Gasteiger partial charge in [0.25, 0.3) is 0 Å². The molecule has 20 heavy (non-hydrogen) atoms. The Bertz CT molecular complexity index is 767. The Balaban J connectivity index is 2.20. The third kappa shape index (κ3) is 1.91. The van der Waals surface area contributed by atoms with Gasteiger partial charge in [-0.05, 0) is 30.3 Å². The minimum absolute atomic E-state index is 0.248. The first kappa shape index (κ1) is 12.3. The van der Waals surface area contributed by atoms with Gasteiger partial charge >= 0.3 is 0 Å². The molecule has 2 aromatic heterocycles. The van der Waals surface area contributed by atoms with Crippen molar-refractivity contribution in [2.45, 2.75) is 0 Å². The molecular formula is C14H14N4O2. The molecule has 0 atom stereocenters. The molecule has 0 aliphatic rings. The van der Waals surface area contributed by atoms with Gasteiger partial charge in [-0.15, -0.1) is 5.10 Å². The number of ether oxygens (including phenoxy) is 2. The number of nitrogens with two attached hydrogens (primary N) is 1. The van der Waals surface area contributed by atoms with Gasteiger partial charge in [0.05, 0.1) is 19.9 Å². The topological polar surface area (TPSA) is 74.7 Å². The molecule has 0 radical (unpaired) electrons. The molecular weight excluding hydrogens is 256 g/mol. The third-order valence-electron chi connectivity index (χ3n) is 3.06. The number of anilines is 1. The first-order chi connectivity index (χ1) is 9.72. The van der Waals surface area contributed by atoms with E-state index in [4.69, 9.17) is 15.2 Å². The van der Waals surface area contributed by atoms with Crippen LogP contribution in [-0.2, 0) is 0 Å². The van der Waals surface area contributed by atoms with Crippen LogP contribution < -0.4 is 15.2 Å². The van der Waals surface area contributed by atoms with Gasteiger partial charge in [-0.3, -0.25) is 0 Å². The summed E-state index contributed by atoms with van der Waals surface area (Å²) in [4.78, 5) is 4.15. The molecule has 102 valence electrons. The zero-order valence-corrected chi connectivity index (χ0v) is 11.2. The monoisotopic (exact) mass is 270 g/mol. The van der Waals surface area contributed by atoms with Crippen LogP contribution in [0.1, 0.15) is 0 Å². The Morgan fingerprint density at radius 1 is 1.05 bits per heavy atom. The fourth-order valence-corrected chi connectivity index (χ4v) is 2.14. The molecule has 2 N–H and O–H groups in total. The van der Waals surface area contributed by atoms with Crippen molar-refractivity contribution in [1.29, 1.82) is 0 Å². The summed E-state index contributed by atoms with van der Waals surface area (Å²) in [7, 11) is 3.21. The number of benzene rings is 1. The Morgan fingerprint density at radius 3 is 2.60 bits per heavy atom. The molecule has 0 amide bonds. The summed E-state index contributed by atoms with van der Waals surface area (Å²) >= 11 is 0. The second kappa shape index (κ2) is 4.73. The fourth-order valence-electron chi connectivity index (χ4n) is 2.14. The number of hydrogen-bond donors (Lipinski definition) is 1. The van der Waals surface area contributed by atoms with Crippen LogP contribution in [0.3, 0.4) is 0 Å². The highest BCUT2D eigenvalue weighted by molar-refractivity contribution is 5.67. The molecule has 0 aliphatic carbocycles. The molecule has 6 heteroatoms. The van der Waals surface area contributed by atoms with E-state index in [0.717, 1.165) is 11.3 Å². The van der Waals surface area contributed by atoms with Gasteiger partial charge in [0.15, 0.2) is 17.1 Å². The molecule has 1 aromatic carbocycles. The van der Waals surface area contributed by atoms with E-state index < -0.39 is 0 Å². The quantitative estimate of drug-likeness (QED) is 0.787. The van der Waals surface area contributed by atoms with Gasteiger partial charge in [0.1, 0.15) is 0 Å². The Hall–Kier alpha value is -2.76. The highest BCUT2D eigenvalue weighted by Gasteiger charge is 2.10. The maximum Gasteiger partial charge on any atom is 0.240 e. The summed E-state index contributed by atoms with van der Waals surface area (Å²) in [5.41, 5.74) is 8.18. The van der Waals surface area contributed by atoms with Crippen molar-refractivity contribution in [3.63, 3.8) is 0 Å². The number of fused-ring (bicyclic) bond motifs is 1. The molecule has 3 aromatic rings. The van der Waals surface area contributed by atoms with Gasteiger partial charge in [0.2, 0.25) is 5.95 Å². The number of pyridine rings is 1. The molecule has 3 rings (SSSR count). The number of hydrogen-bond acceptors (Lipinski definition) is 5. The summed E-state index contributed by atoms with van der Waals surface area (Å²) in [6.07, 6.45) is 0. The molecule has 6 nitrogen and oxygen atoms in total. The minimum Gasteiger partial charge on any atom is -0.493 e. The van der Waals surface area contributed by atoms with Gasteiger partial charge in [0, 0.05) is 5.56 Å². The summed E-state index contributed by atoms with van der Waals surface area (Å²) in [5.74, 6) is 1.59. The van der Waals surface area contributed by atoms with Crippen LogP contribution in [0.25, 0.3) is 16.9 Å². The van der Waals surface area contributed by atoms with Gasteiger partial charge in [-0.1, -0.05) is 6.07 Å². The highest BCUT2D eigenvalue weighted by Crippen LogP contribution is 2.32. The van der Waals surface area contributed by atoms with Crippen LogP contribution in [-0.4, -0.2) is 28.8 Å². The van der Waals surface area contributed by atoms with Crippen LogP contribution in [0, 0.1) is 0 Å². The second-order valence-electron chi connectivity index (χ2n) is 4.22. The lowest BCUT2D eigenvalue weighted by molar-refractivity contribution is 0.355. The van der Waals surface area contributed by atoms with Crippen LogP contribution in [0.2, 0.25) is 0 Å². The SMILES string of the molecule is COc1ccc(-c2cccc3nc(N)nn23)cc1OC. The molecule has 0 saturated carbocycles. The Morgan fingerprint density at radius 2 is 1.85 bits per heavy atom. The van der Waals surface area contributed by atoms with Crippen molar-refractivity contribution in [1.82, 2.24) is 14.6 Å². The van der Waals surface area contributed by atoms with Crippen molar-refractivity contribution in [3.05, 3.63) is 36.4 Å². The Kier molecular flexibility index (Phi) is 2.90. The summed E-state index contributed by atoms with van der Waals surface area (Å²) in [6.45, 7) is 0. The van der Waals surface area contributed by atoms with E-state index in [0.29, 0.717) is 17.1 Å². The largest absolute Gasteiger partial charge is 0.493 e. The number of methoxy groups -OCH3 is 2. The summed E-state index contributed by atoms with van der Waals surface area (Å²) < 4.78 is 12.3. The minimum atomic E-state index is 0.248. The van der Waals surface area contributed by atoms with E-state index in [1.54, 1.807) is 18.7 Å². The maximum atomic E-state index is 5.65. The van der Waals surface area contributed by atoms with Crippen molar-refractivity contribution in [2.24, 2.45) is 0 Å². The van der Waals surface area contributed by atoms with E-state index in [-0.39, 0.29) is 5.95 Å². The van der Waals surface area contributed by atoms with Crippen molar-refractivity contribution in [2.75, 3.05) is 20.0 Å². The second-order valence-corrected chi connectivity index (χ2v) is 4.22. The average molecular weight is 270 g/mol. The molecule has 0 unspecified atom stereocenters. The number of nitrogens with zero attached hydrogens (tertiary/aromatic N) is 3. The van der Waals surface area contributed by atoms with E-state index in [1.165, 1.54) is 0 Å². The predicted molar refractivity (Wildman–Crippen MR) is 75.9 cm³/mol. The molecule has 0 aliphatic heterocycles. The fraction of sp³-hybridized carbons (Fsp3) is 0.143. The molecule has 0 spiro atoms. The van der Waals surface area contributed by atoms with E-state index in [9.17, 15) is 0 Å². The first-order valence-electron chi connectivity index (χ1n) is 6.06. The predicted octanol–water partition coefficient (Wildman–Crippen LogP) is 2.00. The smallest absolute Gasteiger partial charge is 0.240 e. The molecule has 0 fully saturated rings. The van der Waals surface area contributed by atoms with Crippen LogP contribution in [0.4, 0.5) is 5.95 Å². The summed E-state index contributed by atoms with van der Waals surface area (Å²) in [6, 6.07) is 11.4. The first-order valence-corrected chi connectivity index (χ1v) is 6.06. The average Bonchev–Trinajstić information content (AvgIpc) is 2.86. The number of nitrogen functional groups attached to an aromatic ring is 1. The summed E-state index contributed by atoms with van der Waals surface area (Å²) in [5, 5.41) is 4.20. The third-order valence-corrected chi connectivity index (χ3v) is 3.06. The van der Waals surface area contributed by atoms with Crippen LogP contribution >= 0.6 is 0 Å². The van der Waals surface area contributed by atoms with Crippen LogP contribution in [0.5, 0.6) is 11.5 Å². The van der Waals surface area contributed by atoms with Crippen molar-refractivity contribution in [3.8, 4) is 22.8 Å². The standard InChI is InChI=1S/C14H14N4O2/c1-19-11-7-6-9(8-12(11)20-2)10-4-3-5-13-16-14(15)17-18(10)13/h3-8H,1-2H3,(H2,15,17). The lowest BCUT2D eigenvalue weighted by Gasteiger charge is -2.10. The van der Waals surface area contributed by atoms with Crippen LogP contribution in [0.15, 0.2) is 36.4 Å². The van der Waals surface area contributed by atoms with Crippen molar-refractivity contribution < 1.29 is 9.47 Å². The maximum absolute atomic E-state index is 5.65. The lowest BCUT2D eigenvalue weighted by Crippen LogP contribution is -1.96. The normalized spacial score (nSPS) is 10.7. The number of rotatable bonds is 3. The molecule has 0 saturated heterocycles. The van der Waals surface area contributed by atoms with E-state index in [2.05, 4.69) is 10.1 Å². The van der Waals surface area contributed by atoms with E-state index in [1.807, 2.05) is 36.4 Å². The van der Waals surface area contributed by atoms with Gasteiger partial charge in [-0.2, -0.15) is 4.98 Å². The molecule has 2 heterocycles. The van der Waals surface area contributed by atoms with Gasteiger partial charge in [-0.25, -0.2) is 4.52 Å². The van der Waals surface area contributed by atoms with E-state index >= 15 is 0 Å².